The highest BCUT2D eigenvalue weighted by Crippen LogP contribution is 2.70. The number of rotatable bonds is 5. The van der Waals surface area contributed by atoms with Crippen LogP contribution >= 0.6 is 7.60 Å². The second-order valence-corrected chi connectivity index (χ2v) is 5.64. The molecule has 0 atom stereocenters. The lowest BCUT2D eigenvalue weighted by molar-refractivity contribution is -0.490. The Morgan fingerprint density at radius 3 is 1.92 bits per heavy atom. The third kappa shape index (κ3) is 1.68. The third-order valence-corrected chi connectivity index (χ3v) is 5.40. The lowest BCUT2D eigenvalue weighted by Gasteiger charge is -2.39. The van der Waals surface area contributed by atoms with E-state index in [9.17, 15) is 4.57 Å². The summed E-state index contributed by atoms with van der Waals surface area (Å²) < 4.78 is 21.3. The van der Waals surface area contributed by atoms with Crippen molar-refractivity contribution in [2.24, 2.45) is 0 Å². The highest BCUT2D eigenvalue weighted by atomic mass is 31.2. The first kappa shape index (κ1) is 11.2. The van der Waals surface area contributed by atoms with Gasteiger partial charge in [0.15, 0.2) is 0 Å². The molecule has 0 spiro atoms. The zero-order chi connectivity index (χ0) is 9.95. The van der Waals surface area contributed by atoms with Gasteiger partial charge in [-0.15, -0.1) is 9.35 Å². The van der Waals surface area contributed by atoms with E-state index in [1.165, 1.54) is 0 Å². The fraction of sp³-hybridized carbons (Fsp3) is 1.00. The summed E-state index contributed by atoms with van der Waals surface area (Å²) in [6.45, 7) is 6.07. The maximum absolute atomic E-state index is 12.0. The predicted octanol–water partition coefficient (Wildman–Crippen LogP) is 3.43. The molecule has 0 aromatic rings. The fourth-order valence-corrected chi connectivity index (χ4v) is 3.60. The summed E-state index contributed by atoms with van der Waals surface area (Å²) in [4.78, 5) is 0. The molecule has 0 N–H and O–H groups in total. The van der Waals surface area contributed by atoms with Gasteiger partial charge in [0.1, 0.15) is 0 Å². The molecule has 1 aliphatic rings. The molecule has 0 aromatic carbocycles. The molecule has 0 unspecified atom stereocenters. The monoisotopic (exact) mass is 208 g/mol. The predicted molar refractivity (Wildman–Crippen MR) is 49.1 cm³/mol. The lowest BCUT2D eigenvalue weighted by atomic mass is 9.97. The normalized spacial score (nSPS) is 21.2. The first-order valence-electron chi connectivity index (χ1n) is 4.79. The van der Waals surface area contributed by atoms with Crippen molar-refractivity contribution in [3.8, 4) is 0 Å². The van der Waals surface area contributed by atoms with Crippen LogP contribution in [-0.2, 0) is 19.0 Å². The molecule has 0 saturated carbocycles. The molecule has 0 radical (unpaired) electrons. The zero-order valence-corrected chi connectivity index (χ0v) is 9.30. The van der Waals surface area contributed by atoms with Gasteiger partial charge in [0.25, 0.3) is 0 Å². The molecule has 1 aliphatic heterocycles. The molecule has 1 heterocycles. The third-order valence-electron chi connectivity index (χ3n) is 2.87. The van der Waals surface area contributed by atoms with E-state index in [0.29, 0.717) is 0 Å². The van der Waals surface area contributed by atoms with Gasteiger partial charge in [-0.2, -0.15) is 0 Å². The van der Waals surface area contributed by atoms with Gasteiger partial charge in [0.05, 0.1) is 5.16 Å². The molecule has 1 rings (SSSR count). The Balaban J connectivity index is 2.81. The van der Waals surface area contributed by atoms with Crippen LogP contribution < -0.4 is 0 Å². The van der Waals surface area contributed by atoms with Crippen LogP contribution in [0.25, 0.3) is 0 Å². The van der Waals surface area contributed by atoms with E-state index in [-0.39, 0.29) is 5.16 Å². The molecule has 0 aromatic heterocycles. The number of hydrogen-bond donors (Lipinski definition) is 0. The van der Waals surface area contributed by atoms with Crippen molar-refractivity contribution in [3.63, 3.8) is 0 Å². The van der Waals surface area contributed by atoms with Crippen LogP contribution in [0.2, 0.25) is 0 Å². The smallest absolute Gasteiger partial charge is 0.254 e. The largest absolute Gasteiger partial charge is 0.396 e. The van der Waals surface area contributed by atoms with Gasteiger partial charge >= 0.3 is 7.60 Å². The summed E-state index contributed by atoms with van der Waals surface area (Å²) in [5.41, 5.74) is 0. The Labute approximate surface area is 79.0 Å². The van der Waals surface area contributed by atoms with Gasteiger partial charge in [-0.25, -0.2) is 0 Å². The molecule has 0 bridgehead atoms. The van der Waals surface area contributed by atoms with E-state index in [1.807, 2.05) is 13.8 Å². The van der Waals surface area contributed by atoms with E-state index >= 15 is 0 Å². The average Bonchev–Trinajstić information content (AvgIpc) is 2.10. The molecular formula is C8H17O4P. The minimum absolute atomic E-state index is 0.347. The Morgan fingerprint density at radius 1 is 1.15 bits per heavy atom. The van der Waals surface area contributed by atoms with Crippen molar-refractivity contribution in [1.29, 1.82) is 0 Å². The van der Waals surface area contributed by atoms with Gasteiger partial charge in [-0.1, -0.05) is 32.2 Å². The van der Waals surface area contributed by atoms with E-state index in [2.05, 4.69) is 21.3 Å². The molecule has 0 amide bonds. The lowest BCUT2D eigenvalue weighted by Crippen LogP contribution is -2.33. The van der Waals surface area contributed by atoms with Crippen molar-refractivity contribution in [2.45, 2.75) is 51.6 Å². The Morgan fingerprint density at radius 2 is 1.69 bits per heavy atom. The Kier molecular flexibility index (Phi) is 3.52. The highest BCUT2D eigenvalue weighted by Gasteiger charge is 2.55. The molecule has 5 heteroatoms. The topological polar surface area (TPSA) is 44.8 Å². The van der Waals surface area contributed by atoms with Crippen molar-refractivity contribution in [3.05, 3.63) is 0 Å². The van der Waals surface area contributed by atoms with Gasteiger partial charge in [-0.05, 0) is 19.3 Å². The van der Waals surface area contributed by atoms with E-state index in [0.717, 1.165) is 25.7 Å². The summed E-state index contributed by atoms with van der Waals surface area (Å²) in [6.07, 6.45) is 3.40. The summed E-state index contributed by atoms with van der Waals surface area (Å²) in [6, 6.07) is 0. The van der Waals surface area contributed by atoms with Crippen molar-refractivity contribution >= 4 is 7.60 Å². The van der Waals surface area contributed by atoms with Gasteiger partial charge in [-0.3, -0.25) is 4.57 Å². The molecule has 0 aliphatic carbocycles. The molecule has 4 nitrogen and oxygen atoms in total. The highest BCUT2D eigenvalue weighted by molar-refractivity contribution is 7.56. The summed E-state index contributed by atoms with van der Waals surface area (Å²) in [5, 5.41) is 3.78. The van der Waals surface area contributed by atoms with Crippen LogP contribution in [0, 0.1) is 0 Å². The Bertz CT molecular complexity index is 204. The fourth-order valence-electron chi connectivity index (χ4n) is 1.84. The van der Waals surface area contributed by atoms with Gasteiger partial charge < -0.3 is 0 Å². The maximum atomic E-state index is 12.0. The summed E-state index contributed by atoms with van der Waals surface area (Å²) in [7, 11) is -2.97. The van der Waals surface area contributed by atoms with E-state index in [4.69, 9.17) is 0 Å². The van der Waals surface area contributed by atoms with Crippen molar-refractivity contribution < 1.29 is 19.0 Å². The first-order chi connectivity index (χ1) is 6.14. The SMILES string of the molecule is CCCC(CC)(CC)P1(=O)OOO1. The zero-order valence-electron chi connectivity index (χ0n) is 8.41. The van der Waals surface area contributed by atoms with E-state index in [1.54, 1.807) is 0 Å². The minimum atomic E-state index is -2.97. The first-order valence-corrected chi connectivity index (χ1v) is 6.33. The van der Waals surface area contributed by atoms with Gasteiger partial charge in [0.2, 0.25) is 0 Å². The molecular weight excluding hydrogens is 191 g/mol. The van der Waals surface area contributed by atoms with Crippen LogP contribution in [0.15, 0.2) is 0 Å². The Hall–Kier alpha value is 0.110. The summed E-state index contributed by atoms with van der Waals surface area (Å²) >= 11 is 0. The molecule has 78 valence electrons. The minimum Gasteiger partial charge on any atom is -0.254 e. The molecule has 13 heavy (non-hydrogen) atoms. The quantitative estimate of drug-likeness (QED) is 0.512. The average molecular weight is 208 g/mol. The van der Waals surface area contributed by atoms with Crippen molar-refractivity contribution in [1.82, 2.24) is 0 Å². The van der Waals surface area contributed by atoms with Crippen LogP contribution in [0.5, 0.6) is 0 Å². The summed E-state index contributed by atoms with van der Waals surface area (Å²) in [5.74, 6) is 0. The number of hydrogen-bond acceptors (Lipinski definition) is 4. The second kappa shape index (κ2) is 4.09. The van der Waals surface area contributed by atoms with Crippen LogP contribution in [0.4, 0.5) is 0 Å². The van der Waals surface area contributed by atoms with Gasteiger partial charge in [0, 0.05) is 0 Å². The standard InChI is InChI=1S/C8H17O4P/c1-4-7-8(5-2,6-3)13(9)11-10-12-13/h4-7H2,1-3H3. The van der Waals surface area contributed by atoms with Crippen LogP contribution in [0.1, 0.15) is 46.5 Å². The van der Waals surface area contributed by atoms with Crippen LogP contribution in [-0.4, -0.2) is 5.16 Å². The molecule has 1 fully saturated rings. The van der Waals surface area contributed by atoms with E-state index < -0.39 is 7.60 Å². The molecule has 1 saturated heterocycles. The maximum Gasteiger partial charge on any atom is 0.396 e. The van der Waals surface area contributed by atoms with Crippen LogP contribution in [0.3, 0.4) is 0 Å². The second-order valence-electron chi connectivity index (χ2n) is 3.40. The van der Waals surface area contributed by atoms with Crippen molar-refractivity contribution in [2.75, 3.05) is 0 Å².